The first-order valence-electron chi connectivity index (χ1n) is 8.10. The Morgan fingerprint density at radius 1 is 0.846 bits per heavy atom. The van der Waals surface area contributed by atoms with Crippen LogP contribution in [0.4, 0.5) is 0 Å². The van der Waals surface area contributed by atoms with E-state index in [1.54, 1.807) is 3.88 Å². The van der Waals surface area contributed by atoms with E-state index in [1.807, 2.05) is 0 Å². The second kappa shape index (κ2) is 12.4. The molecule has 2 aromatic rings. The minimum atomic E-state index is -0.275. The zero-order valence-electron chi connectivity index (χ0n) is 15.0. The fraction of sp³-hybridized carbons (Fsp3) is 0.238. The predicted octanol–water partition coefficient (Wildman–Crippen LogP) is -3.39. The van der Waals surface area contributed by atoms with Gasteiger partial charge in [0.2, 0.25) is 0 Å². The number of halogens is 3. The summed E-state index contributed by atoms with van der Waals surface area (Å²) in [4.78, 5) is 0. The van der Waals surface area contributed by atoms with Crippen molar-refractivity contribution in [2.75, 3.05) is 19.5 Å². The molecular weight excluding hydrogens is 437 g/mol. The summed E-state index contributed by atoms with van der Waals surface area (Å²) < 4.78 is 1.89. The maximum atomic E-state index is 2.42. The van der Waals surface area contributed by atoms with E-state index >= 15 is 0 Å². The Morgan fingerprint density at radius 2 is 1.35 bits per heavy atom. The Morgan fingerprint density at radius 3 is 1.73 bits per heavy atom. The van der Waals surface area contributed by atoms with Crippen LogP contribution in [-0.2, 0) is 22.9 Å². The summed E-state index contributed by atoms with van der Waals surface area (Å²) in [6.07, 6.45) is 9.36. The van der Waals surface area contributed by atoms with E-state index in [4.69, 9.17) is 0 Å². The quantitative estimate of drug-likeness (QED) is 0.312. The summed E-state index contributed by atoms with van der Waals surface area (Å²) in [5, 5.41) is 0. The van der Waals surface area contributed by atoms with Gasteiger partial charge in [0, 0.05) is 0 Å². The molecule has 0 aromatic heterocycles. The summed E-state index contributed by atoms with van der Waals surface area (Å²) in [6, 6.07) is 22.5. The Bertz CT molecular complexity index is 660. The smallest absolute Gasteiger partial charge is 1.00 e. The summed E-state index contributed by atoms with van der Waals surface area (Å²) in [5.41, 5.74) is 3.02. The standard InChI is InChI=1S/C16H18P.C5H5.3ClH.Ti/c1-17(2)13-16(14-9-5-3-6-10-14)15-11-7-4-8-12-15;1-2-4-5-3-1;;;;/h3-12H,13H2,1-2H3;1-3H,4H2;3*1H;/q;;;;;+3/p-3. The first-order valence-corrected chi connectivity index (χ1v) is 12.1. The van der Waals surface area contributed by atoms with Gasteiger partial charge < -0.3 is 37.2 Å². The molecule has 0 saturated carbocycles. The maximum absolute atomic E-state index is 2.42. The van der Waals surface area contributed by atoms with Crippen molar-refractivity contribution in [2.45, 2.75) is 10.1 Å². The summed E-state index contributed by atoms with van der Waals surface area (Å²) in [6.45, 7) is 4.84. The molecule has 26 heavy (non-hydrogen) atoms. The topological polar surface area (TPSA) is 0 Å². The normalized spacial score (nSPS) is 12.3. The van der Waals surface area contributed by atoms with Gasteiger partial charge in [0.15, 0.2) is 0 Å². The van der Waals surface area contributed by atoms with Gasteiger partial charge in [-0.25, -0.2) is 0 Å². The van der Waals surface area contributed by atoms with Gasteiger partial charge in [-0.05, 0) is 0 Å². The molecule has 0 nitrogen and oxygen atoms in total. The molecule has 137 valence electrons. The average Bonchev–Trinajstić information content (AvgIpc) is 3.08. The third-order valence-electron chi connectivity index (χ3n) is 4.23. The van der Waals surface area contributed by atoms with Crippen LogP contribution in [0.5, 0.6) is 0 Å². The van der Waals surface area contributed by atoms with Gasteiger partial charge in [0.05, 0.1) is 0 Å². The van der Waals surface area contributed by atoms with E-state index in [-0.39, 0.29) is 68.0 Å². The van der Waals surface area contributed by atoms with Gasteiger partial charge in [0.25, 0.3) is 0 Å². The molecule has 2 aromatic carbocycles. The summed E-state index contributed by atoms with van der Waals surface area (Å²) in [5.74, 6) is 0. The number of allylic oxidation sites excluding steroid dienone is 4. The monoisotopic (exact) mass is 459 g/mol. The Labute approximate surface area is 186 Å². The van der Waals surface area contributed by atoms with E-state index < -0.39 is 0 Å². The van der Waals surface area contributed by atoms with Crippen LogP contribution in [0.3, 0.4) is 0 Å². The molecule has 0 bridgehead atoms. The van der Waals surface area contributed by atoms with Crippen molar-refractivity contribution in [2.24, 2.45) is 0 Å². The third kappa shape index (κ3) is 6.23. The fourth-order valence-corrected chi connectivity index (χ4v) is 8.96. The van der Waals surface area contributed by atoms with Gasteiger partial charge in [-0.1, -0.05) is 0 Å². The van der Waals surface area contributed by atoms with E-state index in [0.717, 1.165) is 6.42 Å². The Hall–Kier alpha value is -0.0657. The molecule has 0 spiro atoms. The van der Waals surface area contributed by atoms with Gasteiger partial charge in [-0.2, -0.15) is 0 Å². The van der Waals surface area contributed by atoms with E-state index in [1.165, 1.54) is 17.3 Å². The molecule has 0 amide bonds. The molecule has 0 unspecified atom stereocenters. The average molecular weight is 461 g/mol. The SMILES string of the molecule is CP(C)C[C]([Ti+3][C]1=CC=CC1)(c1ccccc1)c1ccccc1.[Cl-].[Cl-].[Cl-]. The molecule has 0 fully saturated rings. The van der Waals surface area contributed by atoms with Crippen LogP contribution in [-0.4, -0.2) is 19.5 Å². The van der Waals surface area contributed by atoms with Gasteiger partial charge in [0.1, 0.15) is 0 Å². The number of hydrogen-bond donors (Lipinski definition) is 0. The largest absolute Gasteiger partial charge is 1.00 e. The van der Waals surface area contributed by atoms with Crippen LogP contribution >= 0.6 is 7.92 Å². The summed E-state index contributed by atoms with van der Waals surface area (Å²) in [7, 11) is 0.0278. The molecule has 0 aliphatic heterocycles. The van der Waals surface area contributed by atoms with Gasteiger partial charge in [-0.3, -0.25) is 0 Å². The first kappa shape index (κ1) is 25.9. The van der Waals surface area contributed by atoms with Gasteiger partial charge in [-0.15, -0.1) is 0 Å². The minimum Gasteiger partial charge on any atom is -1.00 e. The molecule has 0 heterocycles. The van der Waals surface area contributed by atoms with Crippen LogP contribution in [0.15, 0.2) is 82.8 Å². The van der Waals surface area contributed by atoms with Crippen molar-refractivity contribution < 1.29 is 56.4 Å². The van der Waals surface area contributed by atoms with Crippen molar-refractivity contribution in [3.8, 4) is 0 Å². The predicted molar refractivity (Wildman–Crippen MR) is 99.1 cm³/mol. The second-order valence-corrected chi connectivity index (χ2v) is 11.5. The second-order valence-electron chi connectivity index (χ2n) is 6.32. The number of benzene rings is 2. The molecule has 0 N–H and O–H groups in total. The van der Waals surface area contributed by atoms with Gasteiger partial charge >= 0.3 is 151 Å². The van der Waals surface area contributed by atoms with Crippen molar-refractivity contribution >= 4 is 7.92 Å². The zero-order valence-corrected chi connectivity index (χ0v) is 19.7. The molecule has 0 saturated heterocycles. The molecule has 1 aliphatic carbocycles. The van der Waals surface area contributed by atoms with Crippen molar-refractivity contribution in [1.82, 2.24) is 0 Å². The Balaban J connectivity index is 0.00000208. The van der Waals surface area contributed by atoms with Crippen LogP contribution < -0.4 is 37.2 Å². The molecule has 5 heteroatoms. The van der Waals surface area contributed by atoms with Crippen LogP contribution in [0.25, 0.3) is 0 Å². The molecule has 0 atom stereocenters. The van der Waals surface area contributed by atoms with E-state index in [0.29, 0.717) is 0 Å². The van der Waals surface area contributed by atoms with Crippen molar-refractivity contribution in [3.05, 3.63) is 93.9 Å². The Kier molecular flexibility index (Phi) is 12.4. The first-order chi connectivity index (χ1) is 11.2. The molecule has 0 radical (unpaired) electrons. The van der Waals surface area contributed by atoms with Crippen molar-refractivity contribution in [1.29, 1.82) is 0 Å². The molecule has 1 aliphatic rings. The van der Waals surface area contributed by atoms with Crippen LogP contribution in [0.2, 0.25) is 0 Å². The summed E-state index contributed by atoms with van der Waals surface area (Å²) >= 11 is -0.275. The van der Waals surface area contributed by atoms with Crippen molar-refractivity contribution in [3.63, 3.8) is 0 Å². The van der Waals surface area contributed by atoms with E-state index in [9.17, 15) is 0 Å². The molecular formula is C21H23Cl3PTi. The number of rotatable bonds is 6. The van der Waals surface area contributed by atoms with Crippen LogP contribution in [0.1, 0.15) is 17.5 Å². The fourth-order valence-electron chi connectivity index (χ4n) is 3.27. The number of hydrogen-bond acceptors (Lipinski definition) is 0. The minimum absolute atomic E-state index is 0. The molecule has 3 rings (SSSR count). The third-order valence-corrected chi connectivity index (χ3v) is 8.73. The zero-order chi connectivity index (χ0) is 16.1. The van der Waals surface area contributed by atoms with Crippen LogP contribution in [0, 0.1) is 0 Å². The maximum Gasteiger partial charge on any atom is -1.00 e. The van der Waals surface area contributed by atoms with E-state index in [2.05, 4.69) is 92.2 Å².